The summed E-state index contributed by atoms with van der Waals surface area (Å²) in [5.74, 6) is 2.73. The van der Waals surface area contributed by atoms with Crippen LogP contribution in [0.5, 0.6) is 5.75 Å². The van der Waals surface area contributed by atoms with E-state index in [2.05, 4.69) is 26.0 Å². The third-order valence-electron chi connectivity index (χ3n) is 10.3. The Hall–Kier alpha value is -2.25. The first-order chi connectivity index (χ1) is 19.6. The van der Waals surface area contributed by atoms with Crippen LogP contribution in [0.15, 0.2) is 47.1 Å². The second-order valence-corrected chi connectivity index (χ2v) is 15.1. The maximum Gasteiger partial charge on any atom is 0.213 e. The molecule has 7 heteroatoms. The van der Waals surface area contributed by atoms with E-state index in [1.807, 2.05) is 18.2 Å². The first-order valence-electron chi connectivity index (χ1n) is 15.8. The van der Waals surface area contributed by atoms with Gasteiger partial charge < -0.3 is 4.74 Å². The Balaban J connectivity index is 1.22. The van der Waals surface area contributed by atoms with E-state index < -0.39 is 10.0 Å². The average Bonchev–Trinajstić information content (AvgIpc) is 3.26. The van der Waals surface area contributed by atoms with Crippen LogP contribution in [0.4, 0.5) is 0 Å². The molecule has 41 heavy (non-hydrogen) atoms. The first kappa shape index (κ1) is 30.2. The fourth-order valence-corrected chi connectivity index (χ4v) is 9.24. The minimum atomic E-state index is -3.17. The minimum absolute atomic E-state index is 0.190. The highest BCUT2D eigenvalue weighted by molar-refractivity contribution is 7.89. The summed E-state index contributed by atoms with van der Waals surface area (Å²) in [7, 11) is -1.50. The summed E-state index contributed by atoms with van der Waals surface area (Å²) in [6.07, 6.45) is 12.0. The van der Waals surface area contributed by atoms with E-state index in [1.165, 1.54) is 26.6 Å². The number of unbranched alkanes of at least 4 members (excludes halogenated alkanes) is 3. The Kier molecular flexibility index (Phi) is 9.25. The zero-order chi connectivity index (χ0) is 29.2. The molecule has 0 amide bonds. The predicted molar refractivity (Wildman–Crippen MR) is 162 cm³/mol. The van der Waals surface area contributed by atoms with E-state index in [9.17, 15) is 18.0 Å². The van der Waals surface area contributed by atoms with Crippen molar-refractivity contribution < 1.29 is 22.7 Å². The highest BCUT2D eigenvalue weighted by Gasteiger charge is 2.56. The van der Waals surface area contributed by atoms with Crippen LogP contribution in [0.1, 0.15) is 102 Å². The summed E-state index contributed by atoms with van der Waals surface area (Å²) in [5, 5.41) is 0. The van der Waals surface area contributed by atoms with Crippen molar-refractivity contribution in [2.45, 2.75) is 96.8 Å². The lowest BCUT2D eigenvalue weighted by Gasteiger charge is -2.50. The zero-order valence-electron chi connectivity index (χ0n) is 25.1. The normalized spacial score (nSPS) is 27.9. The fourth-order valence-electron chi connectivity index (χ4n) is 7.96. The average molecular weight is 582 g/mol. The van der Waals surface area contributed by atoms with Crippen molar-refractivity contribution in [3.63, 3.8) is 0 Å². The number of carbonyl (C=O) groups excluding carboxylic acids is 2. The smallest absolute Gasteiger partial charge is 0.213 e. The number of fused-ring (bicyclic) bond motifs is 4. The highest BCUT2D eigenvalue weighted by atomic mass is 32.2. The van der Waals surface area contributed by atoms with Gasteiger partial charge in [0.05, 0.1) is 12.4 Å². The molecule has 0 N–H and O–H groups in total. The zero-order valence-corrected chi connectivity index (χ0v) is 25.9. The third-order valence-corrected chi connectivity index (χ3v) is 12.3. The molecular weight excluding hydrogens is 534 g/mol. The van der Waals surface area contributed by atoms with Crippen LogP contribution >= 0.6 is 0 Å². The number of sulfonamides is 1. The van der Waals surface area contributed by atoms with Crippen molar-refractivity contribution in [1.82, 2.24) is 4.31 Å². The largest absolute Gasteiger partial charge is 0.494 e. The van der Waals surface area contributed by atoms with E-state index in [0.717, 1.165) is 63.5 Å². The van der Waals surface area contributed by atoms with Crippen LogP contribution in [0.25, 0.3) is 0 Å². The summed E-state index contributed by atoms with van der Waals surface area (Å²) in [4.78, 5) is 25.4. The summed E-state index contributed by atoms with van der Waals surface area (Å²) >= 11 is 0. The van der Waals surface area contributed by atoms with Gasteiger partial charge in [-0.05, 0) is 105 Å². The maximum atomic E-state index is 13.2. The van der Waals surface area contributed by atoms with Gasteiger partial charge in [-0.3, -0.25) is 9.59 Å². The maximum absolute atomic E-state index is 13.2. The topological polar surface area (TPSA) is 80.8 Å². The molecule has 0 bridgehead atoms. The lowest BCUT2D eigenvalue weighted by atomic mass is 9.53. The second kappa shape index (κ2) is 12.5. The van der Waals surface area contributed by atoms with E-state index in [4.69, 9.17) is 4.74 Å². The number of allylic oxidation sites excluding steroid dienone is 4. The van der Waals surface area contributed by atoms with Gasteiger partial charge >= 0.3 is 0 Å². The van der Waals surface area contributed by atoms with Gasteiger partial charge in [0.2, 0.25) is 10.0 Å². The molecule has 0 spiro atoms. The fraction of sp³-hybridized carbons (Fsp3) is 0.647. The standard InChI is InChI=1S/C34H47NO5S/c1-4-5-19-35(3)41(38,39)21-8-6-7-20-40-27-13-9-24(10-14-27)30-23-34(2)31(17-18-32(34)37)29-15-11-25-22-26(36)12-16-28(25)33(29)30/h9-10,13-14,22,29-31H,4-8,11-12,15-21,23H2,1-3H3/t29-,30+,31-,34-/m0/s1. The SMILES string of the molecule is CCCCN(C)S(=O)(=O)CCCCCOc1ccc([C@H]2C[C@]3(C)C(=O)CC[C@H]3[C@@H]3CCC4=CC(=O)CCC4=C32)cc1. The number of hydrogen-bond acceptors (Lipinski definition) is 5. The molecule has 2 saturated carbocycles. The lowest BCUT2D eigenvalue weighted by Crippen LogP contribution is -2.43. The van der Waals surface area contributed by atoms with Crippen molar-refractivity contribution in [2.24, 2.45) is 17.3 Å². The highest BCUT2D eigenvalue weighted by Crippen LogP contribution is 2.62. The number of hydrogen-bond donors (Lipinski definition) is 0. The number of nitrogens with zero attached hydrogens (tertiary/aromatic N) is 1. The van der Waals surface area contributed by atoms with Crippen LogP contribution in [0.3, 0.4) is 0 Å². The molecule has 0 radical (unpaired) electrons. The summed E-state index contributed by atoms with van der Waals surface area (Å²) in [5.41, 5.74) is 5.13. The van der Waals surface area contributed by atoms with Crippen LogP contribution in [-0.2, 0) is 19.6 Å². The summed E-state index contributed by atoms with van der Waals surface area (Å²) in [6, 6.07) is 8.41. The Morgan fingerprint density at radius 2 is 1.76 bits per heavy atom. The number of Topliss-reactive ketones (excluding diaryl/α,β-unsaturated/α-hetero) is 1. The number of rotatable bonds is 12. The summed E-state index contributed by atoms with van der Waals surface area (Å²) in [6.45, 7) is 5.42. The molecule has 5 rings (SSSR count). The molecule has 4 aliphatic carbocycles. The molecule has 1 aromatic rings. The molecule has 0 aromatic heterocycles. The van der Waals surface area contributed by atoms with E-state index >= 15 is 0 Å². The van der Waals surface area contributed by atoms with E-state index in [0.29, 0.717) is 50.0 Å². The van der Waals surface area contributed by atoms with Gasteiger partial charge in [0, 0.05) is 37.8 Å². The Bertz CT molecular complexity index is 1310. The van der Waals surface area contributed by atoms with Crippen molar-refractivity contribution in [1.29, 1.82) is 0 Å². The predicted octanol–water partition coefficient (Wildman–Crippen LogP) is 6.77. The van der Waals surface area contributed by atoms with Gasteiger partial charge in [0.25, 0.3) is 0 Å². The molecule has 0 saturated heterocycles. The van der Waals surface area contributed by atoms with Crippen LogP contribution in [-0.4, -0.2) is 50.2 Å². The Morgan fingerprint density at radius 3 is 2.51 bits per heavy atom. The van der Waals surface area contributed by atoms with Crippen LogP contribution in [0, 0.1) is 17.3 Å². The minimum Gasteiger partial charge on any atom is -0.494 e. The molecule has 224 valence electrons. The van der Waals surface area contributed by atoms with Gasteiger partial charge in [-0.1, -0.05) is 38.0 Å². The second-order valence-electron chi connectivity index (χ2n) is 12.9. The van der Waals surface area contributed by atoms with Crippen molar-refractivity contribution >= 4 is 21.6 Å². The quantitative estimate of drug-likeness (QED) is 0.255. The molecule has 1 aromatic carbocycles. The van der Waals surface area contributed by atoms with Gasteiger partial charge in [-0.15, -0.1) is 0 Å². The number of ketones is 2. The summed E-state index contributed by atoms with van der Waals surface area (Å²) < 4.78 is 32.3. The first-order valence-corrected chi connectivity index (χ1v) is 17.4. The Morgan fingerprint density at radius 1 is 0.976 bits per heavy atom. The molecule has 0 unspecified atom stereocenters. The van der Waals surface area contributed by atoms with Crippen LogP contribution < -0.4 is 4.74 Å². The molecule has 0 heterocycles. The molecule has 4 atom stereocenters. The van der Waals surface area contributed by atoms with Crippen molar-refractivity contribution in [2.75, 3.05) is 26.0 Å². The van der Waals surface area contributed by atoms with Crippen molar-refractivity contribution in [3.05, 3.63) is 52.6 Å². The molecule has 6 nitrogen and oxygen atoms in total. The third kappa shape index (κ3) is 6.27. The van der Waals surface area contributed by atoms with Gasteiger partial charge in [-0.25, -0.2) is 12.7 Å². The molecule has 4 aliphatic rings. The van der Waals surface area contributed by atoms with E-state index in [1.54, 1.807) is 7.05 Å². The monoisotopic (exact) mass is 581 g/mol. The molecule has 0 aliphatic heterocycles. The van der Waals surface area contributed by atoms with Gasteiger partial charge in [0.15, 0.2) is 5.78 Å². The lowest BCUT2D eigenvalue weighted by molar-refractivity contribution is -0.128. The number of carbonyl (C=O) groups is 2. The molecular formula is C34H47NO5S. The molecule has 2 fully saturated rings. The van der Waals surface area contributed by atoms with Gasteiger partial charge in [-0.2, -0.15) is 0 Å². The van der Waals surface area contributed by atoms with Crippen molar-refractivity contribution in [3.8, 4) is 5.75 Å². The van der Waals surface area contributed by atoms with Gasteiger partial charge in [0.1, 0.15) is 11.5 Å². The Labute approximate surface area is 246 Å². The number of ether oxygens (including phenoxy) is 1. The number of benzene rings is 1. The van der Waals surface area contributed by atoms with E-state index in [-0.39, 0.29) is 22.9 Å². The van der Waals surface area contributed by atoms with Crippen LogP contribution in [0.2, 0.25) is 0 Å².